The predicted octanol–water partition coefficient (Wildman–Crippen LogP) is 4.23. The highest BCUT2D eigenvalue weighted by atomic mass is 16.2. The van der Waals surface area contributed by atoms with Gasteiger partial charge in [-0.05, 0) is 44.0 Å². The SMILES string of the molecule is CN1CCC[C@H]1C1=CN(C(=O)C(C)(C)C)C=C[C@@H]1Cc1ccccc1. The van der Waals surface area contributed by atoms with Crippen LogP contribution in [0.1, 0.15) is 39.2 Å². The highest BCUT2D eigenvalue weighted by Crippen LogP contribution is 2.34. The fraction of sp³-hybridized carbons (Fsp3) is 0.500. The van der Waals surface area contributed by atoms with Gasteiger partial charge in [-0.3, -0.25) is 14.6 Å². The van der Waals surface area contributed by atoms with Crippen molar-refractivity contribution >= 4 is 5.91 Å². The number of rotatable bonds is 3. The molecule has 0 spiro atoms. The summed E-state index contributed by atoms with van der Waals surface area (Å²) in [7, 11) is 2.20. The zero-order valence-electron chi connectivity index (χ0n) is 15.9. The van der Waals surface area contributed by atoms with Crippen LogP contribution < -0.4 is 0 Å². The zero-order chi connectivity index (χ0) is 18.0. The van der Waals surface area contributed by atoms with Crippen molar-refractivity contribution in [2.24, 2.45) is 11.3 Å². The van der Waals surface area contributed by atoms with Gasteiger partial charge in [-0.15, -0.1) is 0 Å². The molecule has 2 heterocycles. The summed E-state index contributed by atoms with van der Waals surface area (Å²) in [4.78, 5) is 17.0. The van der Waals surface area contributed by atoms with Crippen LogP contribution in [0.25, 0.3) is 0 Å². The molecule has 1 aromatic carbocycles. The van der Waals surface area contributed by atoms with Crippen LogP contribution in [0.5, 0.6) is 0 Å². The van der Waals surface area contributed by atoms with Gasteiger partial charge in [-0.25, -0.2) is 0 Å². The van der Waals surface area contributed by atoms with Gasteiger partial charge < -0.3 is 0 Å². The summed E-state index contributed by atoms with van der Waals surface area (Å²) in [6, 6.07) is 11.1. The molecule has 3 heteroatoms. The third kappa shape index (κ3) is 4.04. The van der Waals surface area contributed by atoms with E-state index >= 15 is 0 Å². The minimum atomic E-state index is -0.375. The lowest BCUT2D eigenvalue weighted by molar-refractivity contribution is -0.134. The van der Waals surface area contributed by atoms with Crippen molar-refractivity contribution < 1.29 is 4.79 Å². The van der Waals surface area contributed by atoms with Crippen LogP contribution in [-0.2, 0) is 11.2 Å². The van der Waals surface area contributed by atoms with Gasteiger partial charge in [0.1, 0.15) is 0 Å². The molecule has 0 radical (unpaired) electrons. The highest BCUT2D eigenvalue weighted by Gasteiger charge is 2.33. The van der Waals surface area contributed by atoms with Crippen molar-refractivity contribution in [1.82, 2.24) is 9.80 Å². The second kappa shape index (κ2) is 7.17. The molecule has 25 heavy (non-hydrogen) atoms. The number of carbonyl (C=O) groups is 1. The summed E-state index contributed by atoms with van der Waals surface area (Å²) >= 11 is 0. The number of nitrogens with zero attached hydrogens (tertiary/aromatic N) is 2. The summed E-state index contributed by atoms with van der Waals surface area (Å²) in [6.45, 7) is 7.08. The van der Waals surface area contributed by atoms with Crippen LogP contribution in [0.2, 0.25) is 0 Å². The Morgan fingerprint density at radius 2 is 1.92 bits per heavy atom. The second-order valence-electron chi connectivity index (χ2n) is 8.37. The molecule has 1 amide bonds. The van der Waals surface area contributed by atoms with E-state index in [1.54, 1.807) is 0 Å². The largest absolute Gasteiger partial charge is 0.300 e. The molecular weight excluding hydrogens is 308 g/mol. The van der Waals surface area contributed by atoms with Gasteiger partial charge in [0.05, 0.1) is 0 Å². The standard InChI is InChI=1S/C22H30N2O/c1-22(2,3)21(25)24-14-12-18(15-17-9-6-5-7-10-17)19(16-24)20-11-8-13-23(20)4/h5-7,9-10,12,14,16,18,20H,8,11,13,15H2,1-4H3/t18-,20+/m1/s1. The number of hydrogen-bond donors (Lipinski definition) is 0. The molecule has 2 aliphatic heterocycles. The average Bonchev–Trinajstić information content (AvgIpc) is 3.00. The Labute approximate surface area is 152 Å². The van der Waals surface area contributed by atoms with Gasteiger partial charge in [-0.2, -0.15) is 0 Å². The molecule has 0 aliphatic carbocycles. The van der Waals surface area contributed by atoms with Gasteiger partial charge >= 0.3 is 0 Å². The molecule has 3 rings (SSSR count). The quantitative estimate of drug-likeness (QED) is 0.823. The zero-order valence-corrected chi connectivity index (χ0v) is 15.9. The lowest BCUT2D eigenvalue weighted by atomic mass is 9.85. The smallest absolute Gasteiger partial charge is 0.235 e. The monoisotopic (exact) mass is 338 g/mol. The molecular formula is C22H30N2O. The van der Waals surface area contributed by atoms with Gasteiger partial charge in [0, 0.05) is 29.8 Å². The Kier molecular flexibility index (Phi) is 5.14. The topological polar surface area (TPSA) is 23.6 Å². The van der Waals surface area contributed by atoms with E-state index in [0.29, 0.717) is 12.0 Å². The highest BCUT2D eigenvalue weighted by molar-refractivity contribution is 5.83. The summed E-state index contributed by atoms with van der Waals surface area (Å²) in [5, 5.41) is 0. The van der Waals surface area contributed by atoms with Crippen molar-refractivity contribution in [1.29, 1.82) is 0 Å². The van der Waals surface area contributed by atoms with Crippen LogP contribution in [0.15, 0.2) is 54.4 Å². The maximum atomic E-state index is 12.7. The van der Waals surface area contributed by atoms with Crippen LogP contribution in [0, 0.1) is 11.3 Å². The van der Waals surface area contributed by atoms with E-state index in [0.717, 1.165) is 13.0 Å². The predicted molar refractivity (Wildman–Crippen MR) is 103 cm³/mol. The molecule has 2 aliphatic rings. The molecule has 2 atom stereocenters. The van der Waals surface area contributed by atoms with Gasteiger partial charge in [0.25, 0.3) is 0 Å². The van der Waals surface area contributed by atoms with E-state index < -0.39 is 0 Å². The van der Waals surface area contributed by atoms with Crippen molar-refractivity contribution in [3.05, 3.63) is 59.9 Å². The first-order chi connectivity index (χ1) is 11.9. The average molecular weight is 338 g/mol. The first-order valence-corrected chi connectivity index (χ1v) is 9.33. The third-order valence-electron chi connectivity index (χ3n) is 5.28. The summed E-state index contributed by atoms with van der Waals surface area (Å²) in [5.41, 5.74) is 2.35. The Bertz CT molecular complexity index is 669. The number of benzene rings is 1. The van der Waals surface area contributed by atoms with Crippen LogP contribution in [0.3, 0.4) is 0 Å². The molecule has 1 aromatic rings. The van der Waals surface area contributed by atoms with Crippen LogP contribution in [0.4, 0.5) is 0 Å². The fourth-order valence-corrected chi connectivity index (χ4v) is 3.84. The van der Waals surface area contributed by atoms with Crippen molar-refractivity contribution in [2.45, 2.75) is 46.1 Å². The molecule has 0 saturated carbocycles. The molecule has 0 N–H and O–H groups in total. The van der Waals surface area contributed by atoms with Crippen molar-refractivity contribution in [3.63, 3.8) is 0 Å². The Hall–Kier alpha value is -1.87. The minimum Gasteiger partial charge on any atom is -0.300 e. The molecule has 0 aromatic heterocycles. The van der Waals surface area contributed by atoms with Crippen LogP contribution >= 0.6 is 0 Å². The van der Waals surface area contributed by atoms with E-state index in [4.69, 9.17) is 0 Å². The van der Waals surface area contributed by atoms with E-state index in [2.05, 4.69) is 54.6 Å². The number of carbonyl (C=O) groups excluding carboxylic acids is 1. The normalized spacial score (nSPS) is 24.5. The van der Waals surface area contributed by atoms with Crippen molar-refractivity contribution in [2.75, 3.05) is 13.6 Å². The number of likely N-dealkylation sites (tertiary alicyclic amines) is 1. The Morgan fingerprint density at radius 1 is 1.20 bits per heavy atom. The van der Waals surface area contributed by atoms with Gasteiger partial charge in [-0.1, -0.05) is 57.2 Å². The first kappa shape index (κ1) is 17.9. The van der Waals surface area contributed by atoms with Crippen molar-refractivity contribution in [3.8, 4) is 0 Å². The molecule has 1 saturated heterocycles. The summed E-state index contributed by atoms with van der Waals surface area (Å²) < 4.78 is 0. The summed E-state index contributed by atoms with van der Waals surface area (Å²) in [5.74, 6) is 0.511. The lowest BCUT2D eigenvalue weighted by Crippen LogP contribution is -2.38. The van der Waals surface area contributed by atoms with Gasteiger partial charge in [0.2, 0.25) is 5.91 Å². The number of amides is 1. The Morgan fingerprint density at radius 3 is 2.52 bits per heavy atom. The van der Waals surface area contributed by atoms with E-state index in [1.807, 2.05) is 31.9 Å². The molecule has 3 nitrogen and oxygen atoms in total. The molecule has 0 bridgehead atoms. The first-order valence-electron chi connectivity index (χ1n) is 9.33. The Balaban J connectivity index is 1.88. The van der Waals surface area contributed by atoms with Gasteiger partial charge in [0.15, 0.2) is 0 Å². The second-order valence-corrected chi connectivity index (χ2v) is 8.37. The van der Waals surface area contributed by atoms with Crippen LogP contribution in [-0.4, -0.2) is 35.3 Å². The summed E-state index contributed by atoms with van der Waals surface area (Å²) in [6.07, 6.45) is 9.71. The van der Waals surface area contributed by atoms with E-state index in [1.165, 1.54) is 24.0 Å². The van der Waals surface area contributed by atoms with E-state index in [9.17, 15) is 4.79 Å². The molecule has 0 unspecified atom stereocenters. The number of hydrogen-bond acceptors (Lipinski definition) is 2. The third-order valence-corrected chi connectivity index (χ3v) is 5.28. The number of likely N-dealkylation sites (N-methyl/N-ethyl adjacent to an activating group) is 1. The lowest BCUT2D eigenvalue weighted by Gasteiger charge is -2.34. The maximum absolute atomic E-state index is 12.7. The fourth-order valence-electron chi connectivity index (χ4n) is 3.84. The molecule has 134 valence electrons. The maximum Gasteiger partial charge on any atom is 0.235 e. The molecule has 1 fully saturated rings. The van der Waals surface area contributed by atoms with E-state index in [-0.39, 0.29) is 11.3 Å². The minimum absolute atomic E-state index is 0.153. The number of allylic oxidation sites excluding steroid dienone is 1.